The molecule has 1 atom stereocenters. The van der Waals surface area contributed by atoms with Crippen LogP contribution in [-0.2, 0) is 14.2 Å². The number of fused-ring (bicyclic) bond motifs is 1. The molecule has 1 saturated heterocycles. The second kappa shape index (κ2) is 9.58. The molecule has 7 nitrogen and oxygen atoms in total. The Morgan fingerprint density at radius 3 is 2.45 bits per heavy atom. The van der Waals surface area contributed by atoms with Gasteiger partial charge in [-0.15, -0.1) is 0 Å². The van der Waals surface area contributed by atoms with E-state index >= 15 is 0 Å². The van der Waals surface area contributed by atoms with Gasteiger partial charge in [-0.25, -0.2) is 4.79 Å². The minimum absolute atomic E-state index is 0.269. The van der Waals surface area contributed by atoms with Crippen LogP contribution in [0, 0.1) is 0 Å². The van der Waals surface area contributed by atoms with Gasteiger partial charge in [0.25, 0.3) is 0 Å². The summed E-state index contributed by atoms with van der Waals surface area (Å²) in [5, 5.41) is 3.47. The van der Waals surface area contributed by atoms with Crippen molar-refractivity contribution in [3.05, 3.63) is 48.0 Å². The van der Waals surface area contributed by atoms with Crippen LogP contribution in [0.15, 0.2) is 42.5 Å². The number of anilines is 4. The Bertz CT molecular complexity index is 896. The Balaban J connectivity index is 1.65. The quantitative estimate of drug-likeness (QED) is 0.743. The normalized spacial score (nSPS) is 19.9. The van der Waals surface area contributed by atoms with E-state index in [1.165, 1.54) is 12.8 Å². The highest BCUT2D eigenvalue weighted by atomic mass is 16.5. The fourth-order valence-electron chi connectivity index (χ4n) is 4.37. The Morgan fingerprint density at radius 1 is 1.03 bits per heavy atom. The third-order valence-corrected chi connectivity index (χ3v) is 5.96. The van der Waals surface area contributed by atoms with Crippen molar-refractivity contribution in [1.29, 1.82) is 0 Å². The van der Waals surface area contributed by atoms with E-state index in [1.54, 1.807) is 12.1 Å². The maximum Gasteiger partial charge on any atom is 0.337 e. The number of hydrogen-bond acceptors (Lipinski definition) is 7. The van der Waals surface area contributed by atoms with Crippen molar-refractivity contribution in [3.63, 3.8) is 0 Å². The van der Waals surface area contributed by atoms with Gasteiger partial charge in [-0.1, -0.05) is 0 Å². The Kier molecular flexibility index (Phi) is 6.63. The van der Waals surface area contributed by atoms with Crippen LogP contribution in [0.2, 0.25) is 0 Å². The molecule has 1 fully saturated rings. The van der Waals surface area contributed by atoms with Gasteiger partial charge < -0.3 is 29.3 Å². The maximum absolute atomic E-state index is 11.7. The third-order valence-electron chi connectivity index (χ3n) is 5.96. The average Bonchev–Trinajstić information content (AvgIpc) is 2.79. The number of nitrogens with zero attached hydrogens (tertiary/aromatic N) is 2. The van der Waals surface area contributed by atoms with Crippen LogP contribution < -0.4 is 15.1 Å². The molecule has 2 aromatic rings. The summed E-state index contributed by atoms with van der Waals surface area (Å²) in [4.78, 5) is 16.3. The summed E-state index contributed by atoms with van der Waals surface area (Å²) in [7, 11) is 3.45. The summed E-state index contributed by atoms with van der Waals surface area (Å²) in [6, 6.07) is 14.5. The molecule has 0 radical (unpaired) electrons. The van der Waals surface area contributed by atoms with E-state index in [0.29, 0.717) is 24.9 Å². The van der Waals surface area contributed by atoms with E-state index in [-0.39, 0.29) is 12.0 Å². The molecule has 7 heteroatoms. The zero-order chi connectivity index (χ0) is 21.8. The fraction of sp³-hybridized carbons (Fsp3) is 0.458. The van der Waals surface area contributed by atoms with Gasteiger partial charge >= 0.3 is 5.97 Å². The van der Waals surface area contributed by atoms with E-state index in [9.17, 15) is 4.79 Å². The molecule has 0 bridgehead atoms. The lowest BCUT2D eigenvalue weighted by molar-refractivity contribution is 0.0600. The second-order valence-corrected chi connectivity index (χ2v) is 8.20. The number of carbonyl (C=O) groups excluding carboxylic acids is 1. The van der Waals surface area contributed by atoms with Crippen LogP contribution in [0.1, 0.15) is 30.1 Å². The number of ether oxygens (including phenoxy) is 3. The monoisotopic (exact) mass is 425 g/mol. The van der Waals surface area contributed by atoms with Crippen LogP contribution in [-0.4, -0.2) is 58.8 Å². The fourth-order valence-corrected chi connectivity index (χ4v) is 4.37. The number of benzene rings is 2. The van der Waals surface area contributed by atoms with E-state index in [4.69, 9.17) is 14.2 Å². The smallest absolute Gasteiger partial charge is 0.337 e. The predicted molar refractivity (Wildman–Crippen MR) is 123 cm³/mol. The van der Waals surface area contributed by atoms with Gasteiger partial charge in [-0.05, 0) is 62.2 Å². The summed E-state index contributed by atoms with van der Waals surface area (Å²) < 4.78 is 16.3. The van der Waals surface area contributed by atoms with Crippen LogP contribution in [0.25, 0.3) is 0 Å². The maximum atomic E-state index is 11.7. The highest BCUT2D eigenvalue weighted by Gasteiger charge is 2.30. The summed E-state index contributed by atoms with van der Waals surface area (Å²) >= 11 is 0. The summed E-state index contributed by atoms with van der Waals surface area (Å²) in [6.07, 6.45) is 2.03. The molecule has 0 spiro atoms. The number of nitrogens with one attached hydrogen (secondary N) is 1. The summed E-state index contributed by atoms with van der Waals surface area (Å²) in [5.74, 6) is -0.334. The van der Waals surface area contributed by atoms with E-state index < -0.39 is 0 Å². The first-order chi connectivity index (χ1) is 15.1. The molecule has 2 heterocycles. The van der Waals surface area contributed by atoms with E-state index in [1.807, 2.05) is 12.1 Å². The van der Waals surface area contributed by atoms with E-state index in [2.05, 4.69) is 47.3 Å². The van der Waals surface area contributed by atoms with Gasteiger partial charge in [0, 0.05) is 37.7 Å². The lowest BCUT2D eigenvalue weighted by atomic mass is 10.0. The molecule has 4 rings (SSSR count). The SMILES string of the molecule is COC(=O)c1ccc(Nc2ccc3c(c2)N(C2CCOCC2)C(C)COCN3C)cc1. The van der Waals surface area contributed by atoms with Crippen LogP contribution in [0.5, 0.6) is 0 Å². The average molecular weight is 426 g/mol. The van der Waals surface area contributed by atoms with E-state index in [0.717, 1.165) is 43.1 Å². The molecule has 1 N–H and O–H groups in total. The number of esters is 1. The van der Waals surface area contributed by atoms with Crippen molar-refractivity contribution >= 4 is 28.7 Å². The van der Waals surface area contributed by atoms with Crippen molar-refractivity contribution < 1.29 is 19.0 Å². The van der Waals surface area contributed by atoms with Crippen molar-refractivity contribution in [1.82, 2.24) is 0 Å². The first kappa shape index (κ1) is 21.5. The molecule has 31 heavy (non-hydrogen) atoms. The molecular weight excluding hydrogens is 394 g/mol. The number of carbonyl (C=O) groups is 1. The minimum atomic E-state index is -0.334. The molecule has 0 saturated carbocycles. The molecule has 0 aromatic heterocycles. The standard InChI is InChI=1S/C24H31N3O4/c1-17-15-31-16-26(2)22-9-8-20(14-23(22)27(17)21-10-12-30-13-11-21)25-19-6-4-18(5-7-19)24(28)29-3/h4-9,14,17,21,25H,10-13,15-16H2,1-3H3. The third kappa shape index (κ3) is 4.78. The van der Waals surface area contributed by atoms with Crippen LogP contribution in [0.3, 0.4) is 0 Å². The lowest BCUT2D eigenvalue weighted by Gasteiger charge is -2.43. The van der Waals surface area contributed by atoms with Gasteiger partial charge in [0.05, 0.1) is 36.7 Å². The van der Waals surface area contributed by atoms with Crippen molar-refractivity contribution in [2.24, 2.45) is 0 Å². The number of rotatable bonds is 4. The van der Waals surface area contributed by atoms with Gasteiger partial charge in [-0.2, -0.15) is 0 Å². The summed E-state index contributed by atoms with van der Waals surface area (Å²) in [5.41, 5.74) is 4.82. The zero-order valence-corrected chi connectivity index (χ0v) is 18.5. The first-order valence-corrected chi connectivity index (χ1v) is 10.8. The Hall–Kier alpha value is -2.77. The number of methoxy groups -OCH3 is 1. The largest absolute Gasteiger partial charge is 0.465 e. The van der Waals surface area contributed by atoms with Crippen molar-refractivity contribution in [3.8, 4) is 0 Å². The van der Waals surface area contributed by atoms with Crippen LogP contribution >= 0.6 is 0 Å². The minimum Gasteiger partial charge on any atom is -0.465 e. The van der Waals surface area contributed by atoms with Gasteiger partial charge in [0.1, 0.15) is 6.73 Å². The van der Waals surface area contributed by atoms with Gasteiger partial charge in [0.15, 0.2) is 0 Å². The Morgan fingerprint density at radius 2 is 1.74 bits per heavy atom. The zero-order valence-electron chi connectivity index (χ0n) is 18.5. The molecular formula is C24H31N3O4. The van der Waals surface area contributed by atoms with Crippen molar-refractivity contribution in [2.45, 2.75) is 31.8 Å². The molecule has 0 aliphatic carbocycles. The predicted octanol–water partition coefficient (Wildman–Crippen LogP) is 4.01. The number of hydrogen-bond donors (Lipinski definition) is 1. The van der Waals surface area contributed by atoms with Gasteiger partial charge in [-0.3, -0.25) is 0 Å². The molecule has 0 amide bonds. The second-order valence-electron chi connectivity index (χ2n) is 8.20. The molecule has 166 valence electrons. The molecule has 1 unspecified atom stereocenters. The Labute approximate surface area is 183 Å². The highest BCUT2D eigenvalue weighted by Crippen LogP contribution is 2.38. The van der Waals surface area contributed by atoms with Crippen LogP contribution in [0.4, 0.5) is 22.7 Å². The molecule has 2 aromatic carbocycles. The molecule has 2 aliphatic heterocycles. The molecule has 2 aliphatic rings. The lowest BCUT2D eigenvalue weighted by Crippen LogP contribution is -2.49. The van der Waals surface area contributed by atoms with Gasteiger partial charge in [0.2, 0.25) is 0 Å². The highest BCUT2D eigenvalue weighted by molar-refractivity contribution is 5.90. The topological polar surface area (TPSA) is 63.3 Å². The first-order valence-electron chi connectivity index (χ1n) is 10.8. The van der Waals surface area contributed by atoms with Crippen molar-refractivity contribution in [2.75, 3.05) is 55.8 Å². The summed E-state index contributed by atoms with van der Waals surface area (Å²) in [6.45, 7) is 5.08.